The lowest BCUT2D eigenvalue weighted by Gasteiger charge is -2.40. The van der Waals surface area contributed by atoms with Gasteiger partial charge in [-0.25, -0.2) is 4.79 Å². The van der Waals surface area contributed by atoms with Crippen molar-refractivity contribution < 1.29 is 19.1 Å². The summed E-state index contributed by atoms with van der Waals surface area (Å²) in [6, 6.07) is 24.6. The standard InChI is InChI=1S/C29H31ClN4O4/c30-25-9-5-4-8-23(25)19-32-27(36)29(14-16-34(17-15-29)26(35)18-31)20-38-28(37)33-24-12-10-22(11-13-24)21-6-2-1-3-7-21/h1-13H,14-20,31H2,(H,32,36)(H,33,37). The fourth-order valence-electron chi connectivity index (χ4n) is 4.49. The third-order valence-electron chi connectivity index (χ3n) is 6.84. The van der Waals surface area contributed by atoms with E-state index >= 15 is 0 Å². The van der Waals surface area contributed by atoms with Gasteiger partial charge in [0.1, 0.15) is 6.61 Å². The minimum Gasteiger partial charge on any atom is -0.448 e. The van der Waals surface area contributed by atoms with E-state index in [0.717, 1.165) is 16.7 Å². The summed E-state index contributed by atoms with van der Waals surface area (Å²) >= 11 is 6.24. The Hall–Kier alpha value is -3.88. The van der Waals surface area contributed by atoms with Gasteiger partial charge < -0.3 is 20.7 Å². The molecule has 1 aliphatic rings. The quantitative estimate of drug-likeness (QED) is 0.395. The molecule has 4 N–H and O–H groups in total. The number of likely N-dealkylation sites (tertiary alicyclic amines) is 1. The molecule has 1 fully saturated rings. The van der Waals surface area contributed by atoms with Crippen LogP contribution in [0.25, 0.3) is 11.1 Å². The Labute approximate surface area is 227 Å². The van der Waals surface area contributed by atoms with Crippen LogP contribution in [0.3, 0.4) is 0 Å². The molecule has 1 aliphatic heterocycles. The number of piperidine rings is 1. The van der Waals surface area contributed by atoms with Crippen LogP contribution in [0, 0.1) is 5.41 Å². The molecule has 3 aromatic rings. The molecular weight excluding hydrogens is 504 g/mol. The molecule has 4 rings (SSSR count). The van der Waals surface area contributed by atoms with Gasteiger partial charge in [0.05, 0.1) is 12.0 Å². The minimum absolute atomic E-state index is 0.0896. The largest absolute Gasteiger partial charge is 0.448 e. The fraction of sp³-hybridized carbons (Fsp3) is 0.276. The summed E-state index contributed by atoms with van der Waals surface area (Å²) in [5.74, 6) is -0.426. The minimum atomic E-state index is -0.985. The van der Waals surface area contributed by atoms with Crippen molar-refractivity contribution in [3.63, 3.8) is 0 Å². The maximum atomic E-state index is 13.4. The van der Waals surface area contributed by atoms with Crippen LogP contribution >= 0.6 is 11.6 Å². The van der Waals surface area contributed by atoms with Crippen molar-refractivity contribution in [2.24, 2.45) is 11.1 Å². The molecule has 0 spiro atoms. The molecule has 0 aromatic heterocycles. The number of rotatable bonds is 8. The number of anilines is 1. The Kier molecular flexibility index (Phi) is 8.99. The smallest absolute Gasteiger partial charge is 0.411 e. The van der Waals surface area contributed by atoms with E-state index in [-0.39, 0.29) is 31.5 Å². The van der Waals surface area contributed by atoms with E-state index in [2.05, 4.69) is 10.6 Å². The van der Waals surface area contributed by atoms with Gasteiger partial charge in [0.25, 0.3) is 0 Å². The zero-order valence-corrected chi connectivity index (χ0v) is 21.7. The van der Waals surface area contributed by atoms with Gasteiger partial charge in [-0.3, -0.25) is 14.9 Å². The van der Waals surface area contributed by atoms with Gasteiger partial charge in [-0.1, -0.05) is 72.3 Å². The zero-order valence-electron chi connectivity index (χ0n) is 21.0. The molecule has 0 bridgehead atoms. The van der Waals surface area contributed by atoms with Crippen LogP contribution in [-0.4, -0.2) is 49.0 Å². The van der Waals surface area contributed by atoms with E-state index in [9.17, 15) is 14.4 Å². The van der Waals surface area contributed by atoms with Crippen molar-refractivity contribution in [2.75, 3.05) is 31.6 Å². The first kappa shape index (κ1) is 27.2. The first-order valence-electron chi connectivity index (χ1n) is 12.5. The van der Waals surface area contributed by atoms with Gasteiger partial charge in [0, 0.05) is 30.3 Å². The van der Waals surface area contributed by atoms with Gasteiger partial charge in [0.2, 0.25) is 11.8 Å². The Bertz CT molecular complexity index is 1260. The van der Waals surface area contributed by atoms with E-state index < -0.39 is 11.5 Å². The SMILES string of the molecule is NCC(=O)N1CCC(COC(=O)Nc2ccc(-c3ccccc3)cc2)(C(=O)NCc2ccccc2Cl)CC1. The highest BCUT2D eigenvalue weighted by Crippen LogP contribution is 2.33. The number of benzene rings is 3. The number of carbonyl (C=O) groups is 3. The molecule has 9 heteroatoms. The van der Waals surface area contributed by atoms with Crippen molar-refractivity contribution >= 4 is 35.2 Å². The summed E-state index contributed by atoms with van der Waals surface area (Å²) in [6.45, 7) is 0.724. The number of amides is 3. The molecule has 3 aromatic carbocycles. The highest BCUT2D eigenvalue weighted by molar-refractivity contribution is 6.31. The number of nitrogens with zero attached hydrogens (tertiary/aromatic N) is 1. The first-order chi connectivity index (χ1) is 18.4. The van der Waals surface area contributed by atoms with E-state index in [4.69, 9.17) is 22.1 Å². The molecule has 3 amide bonds. The van der Waals surface area contributed by atoms with Gasteiger partial charge in [-0.2, -0.15) is 0 Å². The van der Waals surface area contributed by atoms with Gasteiger partial charge in [-0.15, -0.1) is 0 Å². The van der Waals surface area contributed by atoms with E-state index in [0.29, 0.717) is 36.6 Å². The van der Waals surface area contributed by atoms with Crippen molar-refractivity contribution in [3.8, 4) is 11.1 Å². The average molecular weight is 535 g/mol. The Morgan fingerprint density at radius 3 is 2.18 bits per heavy atom. The summed E-state index contributed by atoms with van der Waals surface area (Å²) in [4.78, 5) is 39.8. The second-order valence-electron chi connectivity index (χ2n) is 9.28. The number of nitrogens with two attached hydrogens (primary N) is 1. The van der Waals surface area contributed by atoms with Crippen molar-refractivity contribution in [3.05, 3.63) is 89.4 Å². The molecule has 0 atom stereocenters. The fourth-order valence-corrected chi connectivity index (χ4v) is 4.69. The monoisotopic (exact) mass is 534 g/mol. The van der Waals surface area contributed by atoms with Crippen LogP contribution in [0.2, 0.25) is 5.02 Å². The molecule has 0 saturated carbocycles. The molecule has 198 valence electrons. The number of ether oxygens (including phenoxy) is 1. The van der Waals surface area contributed by atoms with E-state index in [1.54, 1.807) is 23.1 Å². The summed E-state index contributed by atoms with van der Waals surface area (Å²) in [5.41, 5.74) is 7.99. The number of halogens is 1. The Morgan fingerprint density at radius 1 is 0.895 bits per heavy atom. The second-order valence-corrected chi connectivity index (χ2v) is 9.69. The molecule has 0 unspecified atom stereocenters. The molecule has 1 saturated heterocycles. The lowest BCUT2D eigenvalue weighted by molar-refractivity contribution is -0.142. The topological polar surface area (TPSA) is 114 Å². The van der Waals surface area contributed by atoms with E-state index in [1.807, 2.05) is 60.7 Å². The van der Waals surface area contributed by atoms with Crippen LogP contribution in [0.4, 0.5) is 10.5 Å². The number of hydrogen-bond donors (Lipinski definition) is 3. The molecule has 8 nitrogen and oxygen atoms in total. The second kappa shape index (κ2) is 12.6. The number of carbonyl (C=O) groups excluding carboxylic acids is 3. The maximum Gasteiger partial charge on any atom is 0.411 e. The van der Waals surface area contributed by atoms with Crippen LogP contribution in [-0.2, 0) is 20.9 Å². The van der Waals surface area contributed by atoms with Crippen molar-refractivity contribution in [1.29, 1.82) is 0 Å². The summed E-state index contributed by atoms with van der Waals surface area (Å²) < 4.78 is 5.56. The predicted molar refractivity (Wildman–Crippen MR) is 147 cm³/mol. The highest BCUT2D eigenvalue weighted by Gasteiger charge is 2.43. The van der Waals surface area contributed by atoms with Gasteiger partial charge >= 0.3 is 6.09 Å². The summed E-state index contributed by atoms with van der Waals surface area (Å²) in [6.07, 6.45) is 0.0226. The molecular formula is C29H31ClN4O4. The predicted octanol–water partition coefficient (Wildman–Crippen LogP) is 4.44. The molecule has 0 radical (unpaired) electrons. The molecule has 0 aliphatic carbocycles. The van der Waals surface area contributed by atoms with Gasteiger partial charge in [0.15, 0.2) is 0 Å². The van der Waals surface area contributed by atoms with Crippen LogP contribution in [0.1, 0.15) is 18.4 Å². The molecule has 38 heavy (non-hydrogen) atoms. The zero-order chi connectivity index (χ0) is 27.0. The normalized spacial score (nSPS) is 14.4. The number of nitrogens with one attached hydrogen (secondary N) is 2. The third kappa shape index (κ3) is 6.70. The van der Waals surface area contributed by atoms with Crippen LogP contribution < -0.4 is 16.4 Å². The van der Waals surface area contributed by atoms with Crippen LogP contribution in [0.15, 0.2) is 78.9 Å². The van der Waals surface area contributed by atoms with Crippen molar-refractivity contribution in [1.82, 2.24) is 10.2 Å². The lowest BCUT2D eigenvalue weighted by atomic mass is 9.78. The third-order valence-corrected chi connectivity index (χ3v) is 7.21. The van der Waals surface area contributed by atoms with E-state index in [1.165, 1.54) is 0 Å². The van der Waals surface area contributed by atoms with Crippen molar-refractivity contribution in [2.45, 2.75) is 19.4 Å². The Morgan fingerprint density at radius 2 is 1.53 bits per heavy atom. The maximum absolute atomic E-state index is 13.4. The summed E-state index contributed by atoms with van der Waals surface area (Å²) in [7, 11) is 0. The van der Waals surface area contributed by atoms with Gasteiger partial charge in [-0.05, 0) is 47.7 Å². The lowest BCUT2D eigenvalue weighted by Crippen LogP contribution is -2.53. The highest BCUT2D eigenvalue weighted by atomic mass is 35.5. The van der Waals surface area contributed by atoms with Crippen LogP contribution in [0.5, 0.6) is 0 Å². The molecule has 1 heterocycles. The number of hydrogen-bond acceptors (Lipinski definition) is 5. The summed E-state index contributed by atoms with van der Waals surface area (Å²) in [5, 5.41) is 6.22. The Balaban J connectivity index is 1.39. The first-order valence-corrected chi connectivity index (χ1v) is 12.9. The average Bonchev–Trinajstić information content (AvgIpc) is 2.96.